The van der Waals surface area contributed by atoms with Gasteiger partial charge in [-0.05, 0) is 36.9 Å². The van der Waals surface area contributed by atoms with Crippen molar-refractivity contribution in [1.29, 1.82) is 0 Å². The molecule has 1 fully saturated rings. The minimum atomic E-state index is -0.300. The van der Waals surface area contributed by atoms with Crippen LogP contribution in [0.3, 0.4) is 0 Å². The Hall–Kier alpha value is -2.47. The fourth-order valence-corrected chi connectivity index (χ4v) is 2.76. The van der Waals surface area contributed by atoms with E-state index in [-0.39, 0.29) is 11.7 Å². The molecule has 0 spiro atoms. The van der Waals surface area contributed by atoms with Crippen molar-refractivity contribution in [2.75, 3.05) is 38.0 Å². The molecule has 1 aromatic heterocycles. The van der Waals surface area contributed by atoms with Crippen molar-refractivity contribution in [3.8, 4) is 0 Å². The van der Waals surface area contributed by atoms with E-state index in [1.807, 2.05) is 4.90 Å². The first-order chi connectivity index (χ1) is 11.7. The van der Waals surface area contributed by atoms with Crippen LogP contribution in [0.2, 0.25) is 0 Å². The number of amides is 1. The topological polar surface area (TPSA) is 48.5 Å². The van der Waals surface area contributed by atoms with E-state index >= 15 is 0 Å². The van der Waals surface area contributed by atoms with E-state index in [4.69, 9.17) is 0 Å². The lowest BCUT2D eigenvalue weighted by Gasteiger charge is -2.33. The van der Waals surface area contributed by atoms with Gasteiger partial charge in [0.25, 0.3) is 5.91 Å². The molecule has 1 amide bonds. The Morgan fingerprint density at radius 1 is 1.17 bits per heavy atom. The zero-order valence-corrected chi connectivity index (χ0v) is 13.7. The first-order valence-corrected chi connectivity index (χ1v) is 8.16. The number of pyridine rings is 1. The Bertz CT molecular complexity index is 696. The van der Waals surface area contributed by atoms with E-state index < -0.39 is 0 Å². The number of aromatic nitrogens is 1. The molecule has 5 nitrogen and oxygen atoms in total. The van der Waals surface area contributed by atoms with E-state index in [0.29, 0.717) is 17.1 Å². The van der Waals surface area contributed by atoms with Gasteiger partial charge in [-0.1, -0.05) is 13.0 Å². The van der Waals surface area contributed by atoms with Crippen LogP contribution < -0.4 is 5.32 Å². The average Bonchev–Trinajstić information content (AvgIpc) is 2.62. The minimum absolute atomic E-state index is 0.0388. The Morgan fingerprint density at radius 2 is 1.96 bits per heavy atom. The molecule has 0 unspecified atom stereocenters. The second-order valence-corrected chi connectivity index (χ2v) is 5.79. The second kappa shape index (κ2) is 7.40. The largest absolute Gasteiger partial charge is 0.354 e. The molecule has 0 atom stereocenters. The number of anilines is 2. The van der Waals surface area contributed by atoms with Crippen molar-refractivity contribution >= 4 is 17.3 Å². The highest BCUT2D eigenvalue weighted by Gasteiger charge is 2.21. The van der Waals surface area contributed by atoms with Crippen LogP contribution in [-0.2, 0) is 0 Å². The number of piperazine rings is 1. The van der Waals surface area contributed by atoms with Crippen molar-refractivity contribution in [2.24, 2.45) is 0 Å². The predicted molar refractivity (Wildman–Crippen MR) is 91.9 cm³/mol. The Balaban J connectivity index is 1.63. The molecule has 2 aromatic rings. The Labute approximate surface area is 141 Å². The normalized spacial score (nSPS) is 15.3. The number of benzene rings is 1. The van der Waals surface area contributed by atoms with Crippen LogP contribution in [-0.4, -0.2) is 53.4 Å². The standard InChI is InChI=1S/C18H21FN4O/c1-2-22-8-10-23(11-9-22)18(24)17-7-6-16(13-20-17)21-15-5-3-4-14(19)12-15/h3-7,12-13,21H,2,8-11H2,1H3. The summed E-state index contributed by atoms with van der Waals surface area (Å²) >= 11 is 0. The third-order valence-corrected chi connectivity index (χ3v) is 4.20. The summed E-state index contributed by atoms with van der Waals surface area (Å²) in [6.45, 7) is 6.42. The highest BCUT2D eigenvalue weighted by Crippen LogP contribution is 2.17. The van der Waals surface area contributed by atoms with Gasteiger partial charge in [-0.25, -0.2) is 9.37 Å². The highest BCUT2D eigenvalue weighted by molar-refractivity contribution is 5.92. The van der Waals surface area contributed by atoms with Crippen LogP contribution in [0.25, 0.3) is 0 Å². The van der Waals surface area contributed by atoms with Crippen molar-refractivity contribution in [2.45, 2.75) is 6.92 Å². The molecule has 1 aliphatic rings. The summed E-state index contributed by atoms with van der Waals surface area (Å²) in [6.07, 6.45) is 1.60. The SMILES string of the molecule is CCN1CCN(C(=O)c2ccc(Nc3cccc(F)c3)cn2)CC1. The number of nitrogens with one attached hydrogen (secondary N) is 1. The van der Waals surface area contributed by atoms with Crippen molar-refractivity contribution in [3.05, 3.63) is 54.1 Å². The molecule has 0 saturated carbocycles. The average molecular weight is 328 g/mol. The van der Waals surface area contributed by atoms with Gasteiger partial charge >= 0.3 is 0 Å². The fourth-order valence-electron chi connectivity index (χ4n) is 2.76. The quantitative estimate of drug-likeness (QED) is 0.937. The van der Waals surface area contributed by atoms with Gasteiger partial charge in [0.1, 0.15) is 11.5 Å². The number of carbonyl (C=O) groups is 1. The zero-order chi connectivity index (χ0) is 16.9. The molecule has 0 aliphatic carbocycles. The number of likely N-dealkylation sites (N-methyl/N-ethyl adjacent to an activating group) is 1. The minimum Gasteiger partial charge on any atom is -0.354 e. The first kappa shape index (κ1) is 16.4. The molecule has 1 aliphatic heterocycles. The number of hydrogen-bond donors (Lipinski definition) is 1. The van der Waals surface area contributed by atoms with Crippen LogP contribution >= 0.6 is 0 Å². The molecule has 0 bridgehead atoms. The third kappa shape index (κ3) is 3.89. The summed E-state index contributed by atoms with van der Waals surface area (Å²) in [7, 11) is 0. The summed E-state index contributed by atoms with van der Waals surface area (Å²) in [5, 5.41) is 3.07. The summed E-state index contributed by atoms with van der Waals surface area (Å²) in [4.78, 5) is 20.9. The maximum atomic E-state index is 13.2. The van der Waals surface area contributed by atoms with Gasteiger partial charge in [0, 0.05) is 31.9 Å². The lowest BCUT2D eigenvalue weighted by Crippen LogP contribution is -2.48. The third-order valence-electron chi connectivity index (χ3n) is 4.20. The van der Waals surface area contributed by atoms with Crippen molar-refractivity contribution in [3.63, 3.8) is 0 Å². The van der Waals surface area contributed by atoms with Crippen molar-refractivity contribution < 1.29 is 9.18 Å². The Kier molecular flexibility index (Phi) is 5.05. The molecule has 1 saturated heterocycles. The molecule has 0 radical (unpaired) electrons. The number of halogens is 1. The number of nitrogens with zero attached hydrogens (tertiary/aromatic N) is 3. The van der Waals surface area contributed by atoms with Crippen molar-refractivity contribution in [1.82, 2.24) is 14.8 Å². The lowest BCUT2D eigenvalue weighted by molar-refractivity contribution is 0.0637. The van der Waals surface area contributed by atoms with Gasteiger partial charge in [-0.15, -0.1) is 0 Å². The number of hydrogen-bond acceptors (Lipinski definition) is 4. The van der Waals surface area contributed by atoms with Crippen LogP contribution in [0.1, 0.15) is 17.4 Å². The van der Waals surface area contributed by atoms with Crippen LogP contribution in [0.5, 0.6) is 0 Å². The Morgan fingerprint density at radius 3 is 2.58 bits per heavy atom. The van der Waals surface area contributed by atoms with Gasteiger partial charge in [0.15, 0.2) is 0 Å². The van der Waals surface area contributed by atoms with Gasteiger partial charge in [-0.2, -0.15) is 0 Å². The first-order valence-electron chi connectivity index (χ1n) is 8.16. The zero-order valence-electron chi connectivity index (χ0n) is 13.7. The van der Waals surface area contributed by atoms with E-state index in [1.54, 1.807) is 30.5 Å². The van der Waals surface area contributed by atoms with Crippen LogP contribution in [0.4, 0.5) is 15.8 Å². The molecule has 1 N–H and O–H groups in total. The van der Waals surface area contributed by atoms with Gasteiger partial charge < -0.3 is 15.1 Å². The molecular formula is C18H21FN4O. The lowest BCUT2D eigenvalue weighted by atomic mass is 10.2. The van der Waals surface area contributed by atoms with E-state index in [9.17, 15) is 9.18 Å². The summed E-state index contributed by atoms with van der Waals surface area (Å²) in [6, 6.07) is 9.70. The molecule has 6 heteroatoms. The maximum absolute atomic E-state index is 13.2. The van der Waals surface area contributed by atoms with E-state index in [2.05, 4.69) is 22.1 Å². The van der Waals surface area contributed by atoms with E-state index in [1.165, 1.54) is 12.1 Å². The molecular weight excluding hydrogens is 307 g/mol. The highest BCUT2D eigenvalue weighted by atomic mass is 19.1. The smallest absolute Gasteiger partial charge is 0.272 e. The maximum Gasteiger partial charge on any atom is 0.272 e. The van der Waals surface area contributed by atoms with Gasteiger partial charge in [0.2, 0.25) is 0 Å². The fraction of sp³-hybridized carbons (Fsp3) is 0.333. The molecule has 2 heterocycles. The summed E-state index contributed by atoms with van der Waals surface area (Å²) < 4.78 is 13.2. The number of carbonyl (C=O) groups excluding carboxylic acids is 1. The van der Waals surface area contributed by atoms with E-state index in [0.717, 1.165) is 32.7 Å². The second-order valence-electron chi connectivity index (χ2n) is 5.79. The van der Waals surface area contributed by atoms with Gasteiger partial charge in [0.05, 0.1) is 11.9 Å². The number of rotatable bonds is 4. The summed E-state index contributed by atoms with van der Waals surface area (Å²) in [5.74, 6) is -0.339. The van der Waals surface area contributed by atoms with Crippen LogP contribution in [0.15, 0.2) is 42.6 Å². The predicted octanol–water partition coefficient (Wildman–Crippen LogP) is 2.74. The summed E-state index contributed by atoms with van der Waals surface area (Å²) in [5.41, 5.74) is 1.80. The molecule has 24 heavy (non-hydrogen) atoms. The molecule has 3 rings (SSSR count). The van der Waals surface area contributed by atoms with Crippen LogP contribution in [0, 0.1) is 5.82 Å². The monoisotopic (exact) mass is 328 g/mol. The molecule has 1 aromatic carbocycles. The molecule has 126 valence electrons. The van der Waals surface area contributed by atoms with Gasteiger partial charge in [-0.3, -0.25) is 4.79 Å².